The van der Waals surface area contributed by atoms with Crippen LogP contribution in [-0.2, 0) is 9.59 Å². The molecule has 4 rings (SSSR count). The van der Waals surface area contributed by atoms with E-state index < -0.39 is 17.8 Å². The zero-order valence-corrected chi connectivity index (χ0v) is 20.2. The number of rotatable bonds is 3. The van der Waals surface area contributed by atoms with Crippen molar-refractivity contribution in [1.82, 2.24) is 5.32 Å². The van der Waals surface area contributed by atoms with Gasteiger partial charge >= 0.3 is 6.03 Å². The maximum Gasteiger partial charge on any atom is 0.335 e. The van der Waals surface area contributed by atoms with Gasteiger partial charge in [-0.3, -0.25) is 14.9 Å². The molecule has 0 bridgehead atoms. The number of anilines is 2. The molecule has 33 heavy (non-hydrogen) atoms. The molecule has 1 N–H and O–H groups in total. The molecule has 6 nitrogen and oxygen atoms in total. The summed E-state index contributed by atoms with van der Waals surface area (Å²) in [7, 11) is 0. The lowest BCUT2D eigenvalue weighted by atomic mass is 9.87. The van der Waals surface area contributed by atoms with Gasteiger partial charge in [-0.1, -0.05) is 29.3 Å². The van der Waals surface area contributed by atoms with Crippen LogP contribution in [0.1, 0.15) is 38.8 Å². The number of imide groups is 2. The lowest BCUT2D eigenvalue weighted by Crippen LogP contribution is -2.54. The highest BCUT2D eigenvalue weighted by atomic mass is 35.5. The molecule has 1 fully saturated rings. The van der Waals surface area contributed by atoms with Crippen molar-refractivity contribution in [3.8, 4) is 0 Å². The minimum atomic E-state index is -0.819. The molecule has 0 saturated carbocycles. The van der Waals surface area contributed by atoms with E-state index >= 15 is 0 Å². The van der Waals surface area contributed by atoms with Gasteiger partial charge in [-0.2, -0.15) is 0 Å². The van der Waals surface area contributed by atoms with E-state index in [2.05, 4.69) is 37.1 Å². The van der Waals surface area contributed by atoms with E-state index in [4.69, 9.17) is 23.2 Å². The molecular weight excluding hydrogens is 461 g/mol. The molecular formula is C25H23Cl2N3O3. The molecule has 0 unspecified atom stereocenters. The van der Waals surface area contributed by atoms with Crippen molar-refractivity contribution >= 4 is 64.1 Å². The summed E-state index contributed by atoms with van der Waals surface area (Å²) in [6.07, 6.45) is 3.61. The molecule has 0 atom stereocenters. The number of barbiturate groups is 1. The van der Waals surface area contributed by atoms with Gasteiger partial charge in [0.25, 0.3) is 11.8 Å². The number of carbonyl (C=O) groups is 3. The van der Waals surface area contributed by atoms with E-state index in [9.17, 15) is 14.4 Å². The summed E-state index contributed by atoms with van der Waals surface area (Å²) >= 11 is 12.5. The monoisotopic (exact) mass is 483 g/mol. The molecule has 0 radical (unpaired) electrons. The second-order valence-corrected chi connectivity index (χ2v) is 9.39. The highest BCUT2D eigenvalue weighted by Gasteiger charge is 2.37. The molecule has 4 amide bonds. The van der Waals surface area contributed by atoms with Crippen LogP contribution in [0.5, 0.6) is 0 Å². The normalized spacial score (nSPS) is 18.9. The minimum Gasteiger partial charge on any atom is -0.363 e. The molecule has 2 aromatic carbocycles. The number of halogens is 2. The summed E-state index contributed by atoms with van der Waals surface area (Å²) in [6.45, 7) is 9.18. The number of amides is 4. The fourth-order valence-corrected chi connectivity index (χ4v) is 4.78. The third kappa shape index (κ3) is 4.05. The molecule has 1 saturated heterocycles. The Morgan fingerprint density at radius 1 is 1.06 bits per heavy atom. The van der Waals surface area contributed by atoms with E-state index in [-0.39, 0.29) is 11.1 Å². The quantitative estimate of drug-likeness (QED) is 0.450. The van der Waals surface area contributed by atoms with E-state index in [1.807, 2.05) is 19.1 Å². The van der Waals surface area contributed by atoms with Gasteiger partial charge in [0.2, 0.25) is 0 Å². The molecule has 170 valence electrons. The van der Waals surface area contributed by atoms with Crippen molar-refractivity contribution in [2.24, 2.45) is 0 Å². The van der Waals surface area contributed by atoms with E-state index in [1.54, 1.807) is 12.1 Å². The summed E-state index contributed by atoms with van der Waals surface area (Å²) in [4.78, 5) is 41.3. The van der Waals surface area contributed by atoms with Gasteiger partial charge in [-0.15, -0.1) is 0 Å². The zero-order valence-electron chi connectivity index (χ0n) is 18.7. The van der Waals surface area contributed by atoms with Crippen molar-refractivity contribution in [2.75, 3.05) is 16.3 Å². The smallest absolute Gasteiger partial charge is 0.335 e. The van der Waals surface area contributed by atoms with Crippen LogP contribution in [0.15, 0.2) is 48.0 Å². The van der Waals surface area contributed by atoms with Crippen molar-refractivity contribution in [1.29, 1.82) is 0 Å². The van der Waals surface area contributed by atoms with Crippen molar-refractivity contribution < 1.29 is 14.4 Å². The zero-order chi connectivity index (χ0) is 24.1. The number of fused-ring (bicyclic) bond motifs is 1. The lowest BCUT2D eigenvalue weighted by molar-refractivity contribution is -0.122. The topological polar surface area (TPSA) is 69.7 Å². The molecule has 2 aromatic rings. The first-order chi connectivity index (χ1) is 15.5. The lowest BCUT2D eigenvalue weighted by Gasteiger charge is -2.43. The van der Waals surface area contributed by atoms with Crippen LogP contribution in [0.3, 0.4) is 0 Å². The van der Waals surface area contributed by atoms with Gasteiger partial charge in [0, 0.05) is 27.8 Å². The van der Waals surface area contributed by atoms with Crippen LogP contribution in [0.4, 0.5) is 16.2 Å². The van der Waals surface area contributed by atoms with Crippen molar-refractivity contribution in [3.63, 3.8) is 0 Å². The van der Waals surface area contributed by atoms with Crippen LogP contribution >= 0.6 is 23.2 Å². The maximum atomic E-state index is 13.2. The number of nitrogens with one attached hydrogen (secondary N) is 1. The van der Waals surface area contributed by atoms with Gasteiger partial charge < -0.3 is 4.90 Å². The van der Waals surface area contributed by atoms with Crippen LogP contribution in [0.2, 0.25) is 10.0 Å². The first-order valence-electron chi connectivity index (χ1n) is 10.5. The molecule has 0 aromatic heterocycles. The van der Waals surface area contributed by atoms with Crippen molar-refractivity contribution in [3.05, 3.63) is 69.2 Å². The molecule has 0 aliphatic carbocycles. The fraction of sp³-hybridized carbons (Fsp3) is 0.240. The number of allylic oxidation sites excluding steroid dienone is 1. The fourth-order valence-electron chi connectivity index (χ4n) is 4.44. The Morgan fingerprint density at radius 2 is 1.73 bits per heavy atom. The molecule has 2 heterocycles. The Hall–Kier alpha value is -3.09. The number of carbonyl (C=O) groups excluding carboxylic acids is 3. The number of likely N-dealkylation sites (N-methyl/N-ethyl adjacent to an activating group) is 1. The number of nitrogens with zero attached hydrogens (tertiary/aromatic N) is 2. The molecule has 2 aliphatic heterocycles. The standard InChI is InChI=1S/C25H23Cl2N3O3/c1-5-29-21-12-20(27)15(10-18(21)14(2)13-25(29,3)4)11-19-22(31)28-24(33)30(23(19)32)17-8-6-16(26)7-9-17/h6-13H,5H2,1-4H3,(H,28,31,33)/b19-11-. The molecule has 8 heteroatoms. The third-order valence-corrected chi connectivity index (χ3v) is 6.48. The van der Waals surface area contributed by atoms with Gasteiger partial charge in [0.15, 0.2) is 0 Å². The predicted molar refractivity (Wildman–Crippen MR) is 133 cm³/mol. The first-order valence-corrected chi connectivity index (χ1v) is 11.3. The van der Waals surface area contributed by atoms with E-state index in [0.29, 0.717) is 21.3 Å². The Morgan fingerprint density at radius 3 is 2.36 bits per heavy atom. The van der Waals surface area contributed by atoms with Gasteiger partial charge in [0.1, 0.15) is 5.57 Å². The highest BCUT2D eigenvalue weighted by Crippen LogP contribution is 2.41. The largest absolute Gasteiger partial charge is 0.363 e. The second kappa shape index (κ2) is 8.36. The first kappa shape index (κ1) is 23.1. The maximum absolute atomic E-state index is 13.2. The number of hydrogen-bond acceptors (Lipinski definition) is 4. The van der Waals surface area contributed by atoms with Gasteiger partial charge in [0.05, 0.1) is 11.2 Å². The SMILES string of the molecule is CCN1c2cc(Cl)c(/C=C3/C(=O)NC(=O)N(c4ccc(Cl)cc4)C3=O)cc2C(C)=CC1(C)C. The van der Waals surface area contributed by atoms with Crippen LogP contribution < -0.4 is 15.1 Å². The Labute approximate surface area is 202 Å². The van der Waals surface area contributed by atoms with E-state index in [1.165, 1.54) is 18.2 Å². The summed E-state index contributed by atoms with van der Waals surface area (Å²) < 4.78 is 0. The number of urea groups is 1. The average Bonchev–Trinajstić information content (AvgIpc) is 2.72. The summed E-state index contributed by atoms with van der Waals surface area (Å²) in [6, 6.07) is 9.11. The Kier molecular flexibility index (Phi) is 5.85. The number of hydrogen-bond donors (Lipinski definition) is 1. The minimum absolute atomic E-state index is 0.173. The second-order valence-electron chi connectivity index (χ2n) is 8.55. The number of benzene rings is 2. The summed E-state index contributed by atoms with van der Waals surface area (Å²) in [5.41, 5.74) is 3.51. The average molecular weight is 484 g/mol. The van der Waals surface area contributed by atoms with Crippen LogP contribution in [0, 0.1) is 0 Å². The van der Waals surface area contributed by atoms with Crippen LogP contribution in [0.25, 0.3) is 11.6 Å². The third-order valence-electron chi connectivity index (χ3n) is 5.90. The van der Waals surface area contributed by atoms with Gasteiger partial charge in [-0.05, 0) is 81.3 Å². The molecule has 0 spiro atoms. The van der Waals surface area contributed by atoms with Gasteiger partial charge in [-0.25, -0.2) is 9.69 Å². The van der Waals surface area contributed by atoms with Crippen molar-refractivity contribution in [2.45, 2.75) is 33.2 Å². The highest BCUT2D eigenvalue weighted by molar-refractivity contribution is 6.40. The molecule has 2 aliphatic rings. The predicted octanol–water partition coefficient (Wildman–Crippen LogP) is 5.68. The Bertz CT molecular complexity index is 1250. The Balaban J connectivity index is 1.79. The summed E-state index contributed by atoms with van der Waals surface area (Å²) in [5, 5.41) is 3.09. The van der Waals surface area contributed by atoms with Crippen LogP contribution in [-0.4, -0.2) is 29.9 Å². The summed E-state index contributed by atoms with van der Waals surface area (Å²) in [5.74, 6) is -1.50. The van der Waals surface area contributed by atoms with E-state index in [0.717, 1.165) is 28.3 Å².